The molecule has 2 aromatic heterocycles. The smallest absolute Gasteiger partial charge is 0.247 e. The predicted octanol–water partition coefficient (Wildman–Crippen LogP) is 0.949. The molecule has 20 heavy (non-hydrogen) atoms. The highest BCUT2D eigenvalue weighted by atomic mass is 16.3. The molecule has 0 radical (unpaired) electrons. The summed E-state index contributed by atoms with van der Waals surface area (Å²) in [5, 5.41) is 10.4. The molecule has 0 bridgehead atoms. The molecule has 3 rings (SSSR count). The first-order valence-electron chi connectivity index (χ1n) is 5.93. The lowest BCUT2D eigenvalue weighted by atomic mass is 10.3. The third-order valence-corrected chi connectivity index (χ3v) is 2.62. The summed E-state index contributed by atoms with van der Waals surface area (Å²) in [6, 6.07) is 5.25. The zero-order valence-corrected chi connectivity index (χ0v) is 10.7. The molecule has 1 aromatic carbocycles. The van der Waals surface area contributed by atoms with Gasteiger partial charge >= 0.3 is 0 Å². The number of rotatable bonds is 3. The van der Waals surface area contributed by atoms with Gasteiger partial charge in [-0.1, -0.05) is 0 Å². The van der Waals surface area contributed by atoms with Crippen LogP contribution in [0.3, 0.4) is 0 Å². The number of nitrogens with two attached hydrogens (primary N) is 1. The number of carbonyl (C=O) groups is 1. The van der Waals surface area contributed by atoms with Gasteiger partial charge in [0.15, 0.2) is 17.3 Å². The number of hydrogen-bond acceptors (Lipinski definition) is 6. The first kappa shape index (κ1) is 12.2. The highest BCUT2D eigenvalue weighted by molar-refractivity contribution is 5.92. The van der Waals surface area contributed by atoms with E-state index in [1.54, 1.807) is 25.1 Å². The van der Waals surface area contributed by atoms with E-state index in [0.717, 1.165) is 0 Å². The van der Waals surface area contributed by atoms with Crippen LogP contribution in [0.1, 0.15) is 5.89 Å². The van der Waals surface area contributed by atoms with Crippen LogP contribution in [0.4, 0.5) is 11.5 Å². The quantitative estimate of drug-likeness (QED) is 0.734. The lowest BCUT2D eigenvalue weighted by Crippen LogP contribution is -2.20. The Hall–Kier alpha value is -2.90. The second-order valence-electron chi connectivity index (χ2n) is 4.26. The number of amides is 1. The van der Waals surface area contributed by atoms with Gasteiger partial charge in [0.25, 0.3) is 0 Å². The van der Waals surface area contributed by atoms with Crippen molar-refractivity contribution in [2.24, 2.45) is 0 Å². The Balaban J connectivity index is 1.73. The molecule has 8 heteroatoms. The third kappa shape index (κ3) is 2.44. The Bertz CT molecular complexity index is 775. The van der Waals surface area contributed by atoms with Crippen molar-refractivity contribution in [1.82, 2.24) is 20.0 Å². The van der Waals surface area contributed by atoms with Gasteiger partial charge in [0.05, 0.1) is 6.20 Å². The summed E-state index contributed by atoms with van der Waals surface area (Å²) >= 11 is 0. The number of anilines is 2. The van der Waals surface area contributed by atoms with Crippen LogP contribution in [-0.2, 0) is 11.3 Å². The molecule has 0 fully saturated rings. The molecule has 0 saturated carbocycles. The number of aromatic nitrogens is 4. The topological polar surface area (TPSA) is 112 Å². The van der Waals surface area contributed by atoms with Gasteiger partial charge in [0, 0.05) is 12.6 Å². The van der Waals surface area contributed by atoms with E-state index in [-0.39, 0.29) is 18.3 Å². The van der Waals surface area contributed by atoms with Crippen LogP contribution < -0.4 is 11.1 Å². The van der Waals surface area contributed by atoms with Crippen LogP contribution in [-0.4, -0.2) is 25.9 Å². The normalized spacial score (nSPS) is 10.8. The molecule has 102 valence electrons. The fourth-order valence-corrected chi connectivity index (χ4v) is 1.84. The van der Waals surface area contributed by atoms with Crippen LogP contribution in [0.2, 0.25) is 0 Å². The summed E-state index contributed by atoms with van der Waals surface area (Å²) in [7, 11) is 0. The van der Waals surface area contributed by atoms with Gasteiger partial charge in [-0.15, -0.1) is 5.10 Å². The molecule has 0 spiro atoms. The Kier molecular flexibility index (Phi) is 2.82. The zero-order valence-electron chi connectivity index (χ0n) is 10.7. The van der Waals surface area contributed by atoms with Crippen LogP contribution in [0.25, 0.3) is 11.1 Å². The summed E-state index contributed by atoms with van der Waals surface area (Å²) in [4.78, 5) is 17.3. The van der Waals surface area contributed by atoms with Gasteiger partial charge in [-0.05, 0) is 18.2 Å². The van der Waals surface area contributed by atoms with Crippen LogP contribution in [0, 0.1) is 6.92 Å². The van der Waals surface area contributed by atoms with E-state index in [1.165, 1.54) is 11.0 Å². The number of fused-ring (bicyclic) bond motifs is 1. The van der Waals surface area contributed by atoms with Crippen molar-refractivity contribution >= 4 is 28.5 Å². The SMILES string of the molecule is Cc1nc2cc(NC(=O)Cn3ncc(N)n3)ccc2o1. The van der Waals surface area contributed by atoms with Gasteiger partial charge in [0.1, 0.15) is 12.1 Å². The second kappa shape index (κ2) is 4.65. The van der Waals surface area contributed by atoms with E-state index in [1.807, 2.05) is 0 Å². The van der Waals surface area contributed by atoms with Gasteiger partial charge < -0.3 is 15.5 Å². The lowest BCUT2D eigenvalue weighted by molar-refractivity contribution is -0.117. The van der Waals surface area contributed by atoms with Crippen LogP contribution in [0.5, 0.6) is 0 Å². The molecular formula is C12H12N6O2. The molecule has 2 heterocycles. The van der Waals surface area contributed by atoms with E-state index < -0.39 is 0 Å². The molecule has 3 N–H and O–H groups in total. The van der Waals surface area contributed by atoms with Crippen molar-refractivity contribution in [2.75, 3.05) is 11.1 Å². The molecule has 1 amide bonds. The number of oxazole rings is 1. The standard InChI is InChI=1S/C12H12N6O2/c1-7-15-9-4-8(2-3-10(9)20-7)16-12(19)6-18-14-5-11(13)17-18/h2-5H,6H2,1H3,(H2,13,17)(H,16,19). The van der Waals surface area contributed by atoms with Crippen LogP contribution >= 0.6 is 0 Å². The lowest BCUT2D eigenvalue weighted by Gasteiger charge is -2.04. The molecule has 0 saturated heterocycles. The minimum Gasteiger partial charge on any atom is -0.441 e. The first-order valence-corrected chi connectivity index (χ1v) is 5.93. The number of nitrogen functional groups attached to an aromatic ring is 1. The minimum absolute atomic E-state index is 0.00686. The Morgan fingerprint density at radius 1 is 1.50 bits per heavy atom. The summed E-state index contributed by atoms with van der Waals surface area (Å²) < 4.78 is 5.36. The molecule has 0 aliphatic heterocycles. The second-order valence-corrected chi connectivity index (χ2v) is 4.26. The minimum atomic E-state index is -0.250. The fourth-order valence-electron chi connectivity index (χ4n) is 1.84. The highest BCUT2D eigenvalue weighted by Gasteiger charge is 2.08. The van der Waals surface area contributed by atoms with Crippen molar-refractivity contribution in [1.29, 1.82) is 0 Å². The van der Waals surface area contributed by atoms with E-state index in [4.69, 9.17) is 10.2 Å². The summed E-state index contributed by atoms with van der Waals surface area (Å²) in [5.41, 5.74) is 7.44. The zero-order chi connectivity index (χ0) is 14.1. The van der Waals surface area contributed by atoms with E-state index >= 15 is 0 Å². The third-order valence-electron chi connectivity index (χ3n) is 2.62. The highest BCUT2D eigenvalue weighted by Crippen LogP contribution is 2.19. The molecule has 3 aromatic rings. The van der Waals surface area contributed by atoms with Gasteiger partial charge in [0.2, 0.25) is 5.91 Å². The van der Waals surface area contributed by atoms with Crippen molar-refractivity contribution in [3.8, 4) is 0 Å². The van der Waals surface area contributed by atoms with E-state index in [9.17, 15) is 4.79 Å². The molecule has 8 nitrogen and oxygen atoms in total. The Morgan fingerprint density at radius 3 is 3.10 bits per heavy atom. The first-order chi connectivity index (χ1) is 9.60. The average Bonchev–Trinajstić information content (AvgIpc) is 2.93. The molecule has 0 aliphatic carbocycles. The van der Waals surface area contributed by atoms with Gasteiger partial charge in [-0.25, -0.2) is 4.98 Å². The maximum Gasteiger partial charge on any atom is 0.247 e. The molecule has 0 unspecified atom stereocenters. The van der Waals surface area contributed by atoms with Crippen molar-refractivity contribution in [2.45, 2.75) is 13.5 Å². The number of nitrogens with one attached hydrogen (secondary N) is 1. The van der Waals surface area contributed by atoms with Crippen molar-refractivity contribution in [3.63, 3.8) is 0 Å². The van der Waals surface area contributed by atoms with Crippen LogP contribution in [0.15, 0.2) is 28.8 Å². The number of carbonyl (C=O) groups excluding carboxylic acids is 1. The molecule has 0 aliphatic rings. The number of nitrogens with zero attached hydrogens (tertiary/aromatic N) is 4. The Morgan fingerprint density at radius 2 is 2.35 bits per heavy atom. The maximum absolute atomic E-state index is 11.8. The predicted molar refractivity (Wildman–Crippen MR) is 71.8 cm³/mol. The fraction of sp³-hybridized carbons (Fsp3) is 0.167. The van der Waals surface area contributed by atoms with Gasteiger partial charge in [-0.2, -0.15) is 9.90 Å². The monoisotopic (exact) mass is 272 g/mol. The van der Waals surface area contributed by atoms with E-state index in [0.29, 0.717) is 22.7 Å². The number of hydrogen-bond donors (Lipinski definition) is 2. The van der Waals surface area contributed by atoms with Crippen molar-refractivity contribution < 1.29 is 9.21 Å². The number of benzene rings is 1. The molecular weight excluding hydrogens is 260 g/mol. The largest absolute Gasteiger partial charge is 0.441 e. The number of aryl methyl sites for hydroxylation is 1. The summed E-state index contributed by atoms with van der Waals surface area (Å²) in [6.07, 6.45) is 1.39. The summed E-state index contributed by atoms with van der Waals surface area (Å²) in [6.45, 7) is 1.76. The maximum atomic E-state index is 11.8. The van der Waals surface area contributed by atoms with Crippen molar-refractivity contribution in [3.05, 3.63) is 30.3 Å². The Labute approximate surface area is 113 Å². The summed E-state index contributed by atoms with van der Waals surface area (Å²) in [5.74, 6) is 0.608. The van der Waals surface area contributed by atoms with Gasteiger partial charge in [-0.3, -0.25) is 4.79 Å². The molecule has 0 atom stereocenters. The average molecular weight is 272 g/mol. The van der Waals surface area contributed by atoms with E-state index in [2.05, 4.69) is 20.5 Å².